The van der Waals surface area contributed by atoms with Crippen molar-refractivity contribution < 1.29 is 4.74 Å². The van der Waals surface area contributed by atoms with E-state index in [1.54, 1.807) is 0 Å². The Balaban J connectivity index is 2.05. The predicted molar refractivity (Wildman–Crippen MR) is 107 cm³/mol. The number of hydrogen-bond acceptors (Lipinski definition) is 3. The first-order chi connectivity index (χ1) is 11.5. The Morgan fingerprint density at radius 2 is 2.04 bits per heavy atom. The van der Waals surface area contributed by atoms with Gasteiger partial charge < -0.3 is 10.1 Å². The van der Waals surface area contributed by atoms with Gasteiger partial charge in [0.05, 0.1) is 11.8 Å². The molecule has 1 aromatic rings. The number of thiocarbonyl (C=S) groups is 1. The zero-order chi connectivity index (χ0) is 17.3. The third kappa shape index (κ3) is 3.18. The van der Waals surface area contributed by atoms with E-state index < -0.39 is 5.66 Å². The summed E-state index contributed by atoms with van der Waals surface area (Å²) in [4.78, 5) is 5.98. The average molecular weight is 409 g/mol. The second-order valence-electron chi connectivity index (χ2n) is 6.80. The lowest BCUT2D eigenvalue weighted by Gasteiger charge is -2.40. The molecule has 24 heavy (non-hydrogen) atoms. The van der Waals surface area contributed by atoms with Gasteiger partial charge in [-0.2, -0.15) is 0 Å². The molecule has 3 rings (SSSR count). The lowest BCUT2D eigenvalue weighted by molar-refractivity contribution is 0.0395. The van der Waals surface area contributed by atoms with Crippen LogP contribution in [0.5, 0.6) is 0 Å². The second kappa shape index (κ2) is 7.22. The Labute approximate surface area is 158 Å². The molecular formula is C19H25BrN2OS. The number of ether oxygens (including phenoxy) is 1. The van der Waals surface area contributed by atoms with E-state index in [9.17, 15) is 0 Å². The molecule has 1 N–H and O–H groups in total. The van der Waals surface area contributed by atoms with Crippen molar-refractivity contribution in [2.75, 3.05) is 7.11 Å². The fourth-order valence-corrected chi connectivity index (χ4v) is 4.75. The van der Waals surface area contributed by atoms with Crippen LogP contribution in [0.1, 0.15) is 50.2 Å². The standard InChI is InChI=1S/C19H25BrN2OS/c1-4-17-18(24)22-19(21-17,13-6-9-15(23-3)10-7-13)16-11-14(20)8-5-12(16)2/h5,8,11,13,15H,4,6-7,9-10H2,1-3H3,(H,22,24). The maximum atomic E-state index is 5.60. The third-order valence-electron chi connectivity index (χ3n) is 5.42. The Hall–Kier alpha value is -0.780. The Morgan fingerprint density at radius 1 is 1.33 bits per heavy atom. The molecule has 1 heterocycles. The summed E-state index contributed by atoms with van der Waals surface area (Å²) in [5, 5.41) is 3.62. The van der Waals surface area contributed by atoms with Crippen LogP contribution < -0.4 is 5.32 Å². The summed E-state index contributed by atoms with van der Waals surface area (Å²) in [5.74, 6) is 0.430. The topological polar surface area (TPSA) is 33.6 Å². The molecule has 5 heteroatoms. The number of methoxy groups -OCH3 is 1. The van der Waals surface area contributed by atoms with Crippen LogP contribution in [0.2, 0.25) is 0 Å². The van der Waals surface area contributed by atoms with Gasteiger partial charge >= 0.3 is 0 Å². The van der Waals surface area contributed by atoms with Crippen LogP contribution >= 0.6 is 28.1 Å². The molecule has 3 nitrogen and oxygen atoms in total. The predicted octanol–water partition coefficient (Wildman–Crippen LogP) is 4.90. The van der Waals surface area contributed by atoms with Gasteiger partial charge in [-0.3, -0.25) is 4.99 Å². The molecule has 2 aliphatic rings. The first kappa shape index (κ1) is 18.0. The maximum absolute atomic E-state index is 5.60. The van der Waals surface area contributed by atoms with Crippen molar-refractivity contribution in [1.82, 2.24) is 5.32 Å². The van der Waals surface area contributed by atoms with E-state index in [1.807, 2.05) is 7.11 Å². The number of nitrogens with one attached hydrogen (secondary N) is 1. The molecule has 1 saturated carbocycles. The van der Waals surface area contributed by atoms with E-state index in [2.05, 4.69) is 53.3 Å². The molecule has 0 bridgehead atoms. The van der Waals surface area contributed by atoms with E-state index in [1.165, 1.54) is 11.1 Å². The van der Waals surface area contributed by atoms with Gasteiger partial charge in [-0.25, -0.2) is 0 Å². The zero-order valence-electron chi connectivity index (χ0n) is 14.6. The number of rotatable bonds is 4. The fourth-order valence-electron chi connectivity index (χ4n) is 4.04. The number of aliphatic imine (C=N–C) groups is 1. The minimum atomic E-state index is -0.422. The molecule has 1 aliphatic heterocycles. The first-order valence-electron chi connectivity index (χ1n) is 8.70. The van der Waals surface area contributed by atoms with Crippen LogP contribution in [0.25, 0.3) is 0 Å². The van der Waals surface area contributed by atoms with Crippen LogP contribution in [-0.2, 0) is 10.4 Å². The highest BCUT2D eigenvalue weighted by molar-refractivity contribution is 9.10. The van der Waals surface area contributed by atoms with Crippen molar-refractivity contribution in [2.45, 2.75) is 57.7 Å². The van der Waals surface area contributed by atoms with Crippen LogP contribution in [-0.4, -0.2) is 23.9 Å². The quantitative estimate of drug-likeness (QED) is 0.719. The second-order valence-corrected chi connectivity index (χ2v) is 8.13. The van der Waals surface area contributed by atoms with E-state index in [4.69, 9.17) is 21.9 Å². The van der Waals surface area contributed by atoms with Gasteiger partial charge in [0.25, 0.3) is 0 Å². The van der Waals surface area contributed by atoms with Crippen LogP contribution in [0.15, 0.2) is 27.7 Å². The minimum Gasteiger partial charge on any atom is -0.381 e. The molecule has 1 fully saturated rings. The molecule has 0 aromatic heterocycles. The van der Waals surface area contributed by atoms with Gasteiger partial charge in [-0.05, 0) is 56.7 Å². The normalized spacial score (nSPS) is 30.2. The molecule has 1 aliphatic carbocycles. The summed E-state index contributed by atoms with van der Waals surface area (Å²) < 4.78 is 6.64. The highest BCUT2D eigenvalue weighted by Crippen LogP contribution is 2.45. The van der Waals surface area contributed by atoms with Gasteiger partial charge in [0.15, 0.2) is 5.66 Å². The molecule has 1 unspecified atom stereocenters. The first-order valence-corrected chi connectivity index (χ1v) is 9.91. The largest absolute Gasteiger partial charge is 0.381 e. The van der Waals surface area contributed by atoms with E-state index in [-0.39, 0.29) is 0 Å². The summed E-state index contributed by atoms with van der Waals surface area (Å²) in [6, 6.07) is 6.45. The van der Waals surface area contributed by atoms with Crippen molar-refractivity contribution >= 4 is 38.8 Å². The number of benzene rings is 1. The molecule has 0 radical (unpaired) electrons. The van der Waals surface area contributed by atoms with Crippen molar-refractivity contribution in [2.24, 2.45) is 10.9 Å². The molecule has 1 atom stereocenters. The van der Waals surface area contributed by atoms with Crippen molar-refractivity contribution in [3.63, 3.8) is 0 Å². The number of hydrogen-bond donors (Lipinski definition) is 1. The monoisotopic (exact) mass is 408 g/mol. The molecular weight excluding hydrogens is 384 g/mol. The van der Waals surface area contributed by atoms with E-state index in [0.29, 0.717) is 12.0 Å². The Bertz CT molecular complexity index is 667. The summed E-state index contributed by atoms with van der Waals surface area (Å²) in [5.41, 5.74) is 3.10. The summed E-state index contributed by atoms with van der Waals surface area (Å²) in [6.45, 7) is 4.28. The number of nitrogens with zero attached hydrogens (tertiary/aromatic N) is 1. The summed E-state index contributed by atoms with van der Waals surface area (Å²) in [7, 11) is 1.81. The molecule has 0 spiro atoms. The van der Waals surface area contributed by atoms with Crippen molar-refractivity contribution in [3.05, 3.63) is 33.8 Å². The Kier molecular flexibility index (Phi) is 5.42. The molecule has 0 amide bonds. The maximum Gasteiger partial charge on any atom is 0.159 e. The lowest BCUT2D eigenvalue weighted by atomic mass is 9.75. The van der Waals surface area contributed by atoms with Gasteiger partial charge in [0, 0.05) is 23.1 Å². The van der Waals surface area contributed by atoms with Crippen molar-refractivity contribution in [3.8, 4) is 0 Å². The van der Waals surface area contributed by atoms with E-state index in [0.717, 1.165) is 47.3 Å². The van der Waals surface area contributed by atoms with Crippen LogP contribution in [0.3, 0.4) is 0 Å². The number of aryl methyl sites for hydroxylation is 1. The van der Waals surface area contributed by atoms with Gasteiger partial charge in [0.2, 0.25) is 0 Å². The van der Waals surface area contributed by atoms with Gasteiger partial charge in [0.1, 0.15) is 4.99 Å². The smallest absolute Gasteiger partial charge is 0.159 e. The lowest BCUT2D eigenvalue weighted by Crippen LogP contribution is -2.47. The highest BCUT2D eigenvalue weighted by Gasteiger charge is 2.47. The minimum absolute atomic E-state index is 0.380. The fraction of sp³-hybridized carbons (Fsp3) is 0.579. The van der Waals surface area contributed by atoms with Gasteiger partial charge in [-0.1, -0.05) is 41.1 Å². The third-order valence-corrected chi connectivity index (χ3v) is 6.25. The highest BCUT2D eigenvalue weighted by atomic mass is 79.9. The average Bonchev–Trinajstić information content (AvgIpc) is 2.94. The summed E-state index contributed by atoms with van der Waals surface area (Å²) in [6.07, 6.45) is 5.61. The molecule has 130 valence electrons. The molecule has 1 aromatic carbocycles. The Morgan fingerprint density at radius 3 is 2.62 bits per heavy atom. The van der Waals surface area contributed by atoms with Crippen LogP contribution in [0.4, 0.5) is 0 Å². The SMILES string of the molecule is CCC1=NC(c2cc(Br)ccc2C)(C2CCC(OC)CC2)NC1=S. The van der Waals surface area contributed by atoms with Gasteiger partial charge in [-0.15, -0.1) is 0 Å². The van der Waals surface area contributed by atoms with E-state index >= 15 is 0 Å². The zero-order valence-corrected chi connectivity index (χ0v) is 17.0. The summed E-state index contributed by atoms with van der Waals surface area (Å²) >= 11 is 9.23. The number of halogens is 1. The van der Waals surface area contributed by atoms with Crippen molar-refractivity contribution in [1.29, 1.82) is 0 Å². The van der Waals surface area contributed by atoms with Crippen LogP contribution in [0, 0.1) is 12.8 Å². The molecule has 0 saturated heterocycles.